The number of carbonyl (C=O) groups excluding carboxylic acids is 1. The monoisotopic (exact) mass is 328 g/mol. The average Bonchev–Trinajstić information content (AvgIpc) is 2.43. The number of halogens is 4. The van der Waals surface area contributed by atoms with E-state index in [9.17, 15) is 18.0 Å². The van der Waals surface area contributed by atoms with E-state index >= 15 is 0 Å². The fraction of sp³-hybridized carbons (Fsp3) is 0.133. The Morgan fingerprint density at radius 2 is 1.59 bits per heavy atom. The maximum absolute atomic E-state index is 12.9. The normalized spacial score (nSPS) is 11.1. The van der Waals surface area contributed by atoms with Gasteiger partial charge in [0.2, 0.25) is 0 Å². The fourth-order valence-corrected chi connectivity index (χ4v) is 2.03. The summed E-state index contributed by atoms with van der Waals surface area (Å²) in [5, 5.41) is 5.13. The molecule has 0 saturated heterocycles. The van der Waals surface area contributed by atoms with Crippen LogP contribution in [0.15, 0.2) is 42.5 Å². The molecule has 0 saturated carbocycles. The summed E-state index contributed by atoms with van der Waals surface area (Å²) in [6, 6.07) is 8.88. The molecule has 2 aromatic carbocycles. The van der Waals surface area contributed by atoms with Crippen molar-refractivity contribution >= 4 is 29.0 Å². The summed E-state index contributed by atoms with van der Waals surface area (Å²) < 4.78 is 38.6. The zero-order chi connectivity index (χ0) is 16.3. The van der Waals surface area contributed by atoms with Crippen LogP contribution in [0.3, 0.4) is 0 Å². The second-order valence-electron chi connectivity index (χ2n) is 4.53. The molecule has 0 fully saturated rings. The number of carbonyl (C=O) groups is 1. The minimum atomic E-state index is -4.55. The van der Waals surface area contributed by atoms with Gasteiger partial charge >= 0.3 is 12.2 Å². The maximum atomic E-state index is 12.9. The lowest BCUT2D eigenvalue weighted by Gasteiger charge is -2.15. The molecule has 0 aliphatic rings. The lowest BCUT2D eigenvalue weighted by molar-refractivity contribution is -0.136. The third-order valence-electron chi connectivity index (χ3n) is 3.00. The predicted octanol–water partition coefficient (Wildman–Crippen LogP) is 5.31. The van der Waals surface area contributed by atoms with Crippen molar-refractivity contribution < 1.29 is 18.0 Å². The Morgan fingerprint density at radius 1 is 1.00 bits per heavy atom. The van der Waals surface area contributed by atoms with Gasteiger partial charge in [0.25, 0.3) is 0 Å². The first kappa shape index (κ1) is 16.2. The summed E-state index contributed by atoms with van der Waals surface area (Å²) >= 11 is 5.92. The minimum absolute atomic E-state index is 0.313. The molecule has 0 aliphatic heterocycles. The number of benzene rings is 2. The van der Waals surface area contributed by atoms with Gasteiger partial charge in [-0.2, -0.15) is 13.2 Å². The molecule has 2 rings (SSSR count). The molecule has 22 heavy (non-hydrogen) atoms. The zero-order valence-corrected chi connectivity index (χ0v) is 12.2. The fourth-order valence-electron chi connectivity index (χ4n) is 1.86. The van der Waals surface area contributed by atoms with Gasteiger partial charge in [-0.15, -0.1) is 0 Å². The highest BCUT2D eigenvalue weighted by Crippen LogP contribution is 2.34. The number of amides is 2. The number of hydrogen-bond donors (Lipinski definition) is 2. The smallest absolute Gasteiger partial charge is 0.307 e. The van der Waals surface area contributed by atoms with Crippen LogP contribution in [0.4, 0.5) is 29.3 Å². The number of urea groups is 1. The van der Waals surface area contributed by atoms with Crippen molar-refractivity contribution in [3.05, 3.63) is 58.6 Å². The van der Waals surface area contributed by atoms with Crippen LogP contribution in [-0.2, 0) is 6.18 Å². The highest BCUT2D eigenvalue weighted by molar-refractivity contribution is 6.31. The standard InChI is InChI=1S/C15H12ClF3N2O/c1-9-11(16)6-4-8-12(9)20-14(22)21-13-7-3-2-5-10(13)15(17,18)19/h2-8H,1H3,(H2,20,21,22). The van der Waals surface area contributed by atoms with E-state index in [4.69, 9.17) is 11.6 Å². The number of anilines is 2. The molecule has 0 bridgehead atoms. The molecule has 0 spiro atoms. The van der Waals surface area contributed by atoms with Gasteiger partial charge in [-0.3, -0.25) is 0 Å². The van der Waals surface area contributed by atoms with E-state index in [1.807, 2.05) is 0 Å². The van der Waals surface area contributed by atoms with Crippen molar-refractivity contribution in [2.45, 2.75) is 13.1 Å². The zero-order valence-electron chi connectivity index (χ0n) is 11.5. The molecule has 0 unspecified atom stereocenters. The number of alkyl halides is 3. The van der Waals surface area contributed by atoms with E-state index in [-0.39, 0.29) is 5.69 Å². The van der Waals surface area contributed by atoms with Crippen molar-refractivity contribution in [3.63, 3.8) is 0 Å². The topological polar surface area (TPSA) is 41.1 Å². The summed E-state index contributed by atoms with van der Waals surface area (Å²) in [5.74, 6) is 0. The van der Waals surface area contributed by atoms with Gasteiger partial charge in [0.1, 0.15) is 0 Å². The van der Waals surface area contributed by atoms with Crippen LogP contribution in [0.2, 0.25) is 5.02 Å². The van der Waals surface area contributed by atoms with Gasteiger partial charge in [0, 0.05) is 10.7 Å². The van der Waals surface area contributed by atoms with Gasteiger partial charge in [-0.05, 0) is 36.8 Å². The molecule has 7 heteroatoms. The Kier molecular flexibility index (Phi) is 4.61. The van der Waals surface area contributed by atoms with Gasteiger partial charge in [0.15, 0.2) is 0 Å². The van der Waals surface area contributed by atoms with E-state index < -0.39 is 17.8 Å². The number of para-hydroxylation sites is 1. The lowest BCUT2D eigenvalue weighted by atomic mass is 10.1. The minimum Gasteiger partial charge on any atom is -0.307 e. The molecule has 116 valence electrons. The van der Waals surface area contributed by atoms with E-state index in [2.05, 4.69) is 10.6 Å². The molecule has 2 N–H and O–H groups in total. The first-order valence-corrected chi connectivity index (χ1v) is 6.66. The van der Waals surface area contributed by atoms with Crippen molar-refractivity contribution in [2.75, 3.05) is 10.6 Å². The van der Waals surface area contributed by atoms with E-state index in [0.717, 1.165) is 6.07 Å². The molecular weight excluding hydrogens is 317 g/mol. The average molecular weight is 329 g/mol. The molecule has 0 atom stereocenters. The Hall–Kier alpha value is -2.21. The van der Waals surface area contributed by atoms with Crippen LogP contribution in [0.5, 0.6) is 0 Å². The predicted molar refractivity (Wildman–Crippen MR) is 80.3 cm³/mol. The highest BCUT2D eigenvalue weighted by Gasteiger charge is 2.33. The first-order chi connectivity index (χ1) is 10.3. The molecule has 2 amide bonds. The highest BCUT2D eigenvalue weighted by atomic mass is 35.5. The Bertz CT molecular complexity index is 701. The van der Waals surface area contributed by atoms with E-state index in [1.54, 1.807) is 25.1 Å². The molecule has 3 nitrogen and oxygen atoms in total. The number of hydrogen-bond acceptors (Lipinski definition) is 1. The van der Waals surface area contributed by atoms with Crippen LogP contribution in [0.25, 0.3) is 0 Å². The summed E-state index contributed by atoms with van der Waals surface area (Å²) in [6.07, 6.45) is -4.55. The van der Waals surface area contributed by atoms with E-state index in [0.29, 0.717) is 16.3 Å². The second kappa shape index (κ2) is 6.27. The van der Waals surface area contributed by atoms with Gasteiger partial charge in [-0.25, -0.2) is 4.79 Å². The molecule has 0 aliphatic carbocycles. The third-order valence-corrected chi connectivity index (χ3v) is 3.41. The quantitative estimate of drug-likeness (QED) is 0.770. The summed E-state index contributed by atoms with van der Waals surface area (Å²) in [4.78, 5) is 11.9. The van der Waals surface area contributed by atoms with Gasteiger partial charge in [-0.1, -0.05) is 29.8 Å². The molecule has 0 heterocycles. The van der Waals surface area contributed by atoms with Crippen LogP contribution in [0, 0.1) is 6.92 Å². The van der Waals surface area contributed by atoms with Crippen LogP contribution >= 0.6 is 11.6 Å². The number of nitrogens with one attached hydrogen (secondary N) is 2. The summed E-state index contributed by atoms with van der Waals surface area (Å²) in [6.45, 7) is 1.70. The van der Waals surface area contributed by atoms with Crippen LogP contribution < -0.4 is 10.6 Å². The first-order valence-electron chi connectivity index (χ1n) is 6.28. The lowest BCUT2D eigenvalue weighted by Crippen LogP contribution is -2.22. The molecule has 0 radical (unpaired) electrons. The molecular formula is C15H12ClF3N2O. The van der Waals surface area contributed by atoms with Gasteiger partial charge in [0.05, 0.1) is 11.3 Å². The van der Waals surface area contributed by atoms with Crippen LogP contribution in [0.1, 0.15) is 11.1 Å². The number of rotatable bonds is 2. The molecule has 0 aromatic heterocycles. The Balaban J connectivity index is 2.18. The van der Waals surface area contributed by atoms with E-state index in [1.165, 1.54) is 18.2 Å². The SMILES string of the molecule is Cc1c(Cl)cccc1NC(=O)Nc1ccccc1C(F)(F)F. The van der Waals surface area contributed by atoms with Crippen LogP contribution in [-0.4, -0.2) is 6.03 Å². The third kappa shape index (κ3) is 3.71. The van der Waals surface area contributed by atoms with Crippen molar-refractivity contribution in [1.82, 2.24) is 0 Å². The summed E-state index contributed by atoms with van der Waals surface area (Å²) in [5.41, 5.74) is -0.168. The molecule has 2 aromatic rings. The van der Waals surface area contributed by atoms with Crippen molar-refractivity contribution in [1.29, 1.82) is 0 Å². The van der Waals surface area contributed by atoms with Gasteiger partial charge < -0.3 is 10.6 Å². The second-order valence-corrected chi connectivity index (χ2v) is 4.94. The largest absolute Gasteiger partial charge is 0.418 e. The van der Waals surface area contributed by atoms with Crippen molar-refractivity contribution in [2.24, 2.45) is 0 Å². The maximum Gasteiger partial charge on any atom is 0.418 e. The Labute approximate surface area is 130 Å². The van der Waals surface area contributed by atoms with Crippen molar-refractivity contribution in [3.8, 4) is 0 Å². The summed E-state index contributed by atoms with van der Waals surface area (Å²) in [7, 11) is 0. The Morgan fingerprint density at radius 3 is 2.27 bits per heavy atom.